The molecule has 0 aliphatic carbocycles. The summed E-state index contributed by atoms with van der Waals surface area (Å²) in [5.41, 5.74) is 3.07. The molecule has 20 heavy (non-hydrogen) atoms. The average molecular weight is 266 g/mol. The molecule has 1 unspecified atom stereocenters. The first-order valence-corrected chi connectivity index (χ1v) is 7.14. The maximum absolute atomic E-state index is 12.7. The average Bonchev–Trinajstić information content (AvgIpc) is 2.54. The number of carbonyl (C=O) groups is 1. The Morgan fingerprint density at radius 2 is 1.90 bits per heavy atom. The van der Waals surface area contributed by atoms with Crippen molar-refractivity contribution in [2.75, 3.05) is 6.61 Å². The van der Waals surface area contributed by atoms with Crippen molar-refractivity contribution in [1.82, 2.24) is 0 Å². The van der Waals surface area contributed by atoms with Crippen molar-refractivity contribution < 1.29 is 9.53 Å². The molecule has 2 aromatic carbocycles. The van der Waals surface area contributed by atoms with Gasteiger partial charge >= 0.3 is 0 Å². The molecule has 1 aliphatic heterocycles. The Kier molecular flexibility index (Phi) is 3.55. The summed E-state index contributed by atoms with van der Waals surface area (Å²) < 4.78 is 5.62. The number of carbonyl (C=O) groups excluding carboxylic acids is 1. The van der Waals surface area contributed by atoms with Crippen LogP contribution in [0.4, 0.5) is 0 Å². The van der Waals surface area contributed by atoms with Gasteiger partial charge in [-0.25, -0.2) is 0 Å². The number of rotatable bonds is 3. The summed E-state index contributed by atoms with van der Waals surface area (Å²) in [6.07, 6.45) is 1.75. The quantitative estimate of drug-likeness (QED) is 0.785. The van der Waals surface area contributed by atoms with E-state index in [0.717, 1.165) is 29.7 Å². The van der Waals surface area contributed by atoms with Crippen molar-refractivity contribution in [2.45, 2.75) is 25.7 Å². The maximum atomic E-state index is 12.7. The summed E-state index contributed by atoms with van der Waals surface area (Å²) in [6, 6.07) is 15.8. The van der Waals surface area contributed by atoms with E-state index in [4.69, 9.17) is 4.74 Å². The Morgan fingerprint density at radius 3 is 2.65 bits per heavy atom. The van der Waals surface area contributed by atoms with Crippen LogP contribution in [0.25, 0.3) is 0 Å². The highest BCUT2D eigenvalue weighted by atomic mass is 16.5. The standard InChI is InChI=1S/C18H18O2/c1-2-13-7-9-14(10-8-13)18(19)16-11-12-20-17-6-4-3-5-15(16)17/h3-10,16H,2,11-12H2,1H3. The molecule has 0 bridgehead atoms. The summed E-state index contributed by atoms with van der Waals surface area (Å²) in [4.78, 5) is 12.7. The zero-order valence-corrected chi connectivity index (χ0v) is 11.6. The molecule has 3 rings (SSSR count). The van der Waals surface area contributed by atoms with Crippen LogP contribution in [-0.4, -0.2) is 12.4 Å². The lowest BCUT2D eigenvalue weighted by Gasteiger charge is -2.24. The molecule has 0 spiro atoms. The normalized spacial score (nSPS) is 17.1. The summed E-state index contributed by atoms with van der Waals surface area (Å²) in [5.74, 6) is 0.970. The third kappa shape index (κ3) is 2.34. The first kappa shape index (κ1) is 12.9. The smallest absolute Gasteiger partial charge is 0.170 e. The SMILES string of the molecule is CCc1ccc(C(=O)C2CCOc3ccccc32)cc1. The number of para-hydroxylation sites is 1. The molecule has 0 fully saturated rings. The fourth-order valence-electron chi connectivity index (χ4n) is 2.72. The van der Waals surface area contributed by atoms with Gasteiger partial charge in [-0.1, -0.05) is 49.4 Å². The predicted molar refractivity (Wildman–Crippen MR) is 79.4 cm³/mol. The van der Waals surface area contributed by atoms with Crippen LogP contribution in [0, 0.1) is 0 Å². The number of hydrogen-bond donors (Lipinski definition) is 0. The summed E-state index contributed by atoms with van der Waals surface area (Å²) in [5, 5.41) is 0. The van der Waals surface area contributed by atoms with Gasteiger partial charge in [-0.2, -0.15) is 0 Å². The second kappa shape index (κ2) is 5.49. The third-order valence-corrected chi connectivity index (χ3v) is 3.92. The van der Waals surface area contributed by atoms with Gasteiger partial charge in [0.05, 0.1) is 12.5 Å². The minimum absolute atomic E-state index is 0.0765. The van der Waals surface area contributed by atoms with Crippen LogP contribution in [0.1, 0.15) is 40.7 Å². The molecule has 2 nitrogen and oxygen atoms in total. The molecule has 0 aromatic heterocycles. The molecule has 1 atom stereocenters. The number of aryl methyl sites for hydroxylation is 1. The lowest BCUT2D eigenvalue weighted by Crippen LogP contribution is -2.21. The Morgan fingerprint density at radius 1 is 1.15 bits per heavy atom. The molecule has 0 amide bonds. The molecule has 2 heteroatoms. The highest BCUT2D eigenvalue weighted by Gasteiger charge is 2.27. The predicted octanol–water partition coefficient (Wildman–Crippen LogP) is 4.00. The molecular weight excluding hydrogens is 248 g/mol. The van der Waals surface area contributed by atoms with Crippen LogP contribution in [0.5, 0.6) is 5.75 Å². The largest absolute Gasteiger partial charge is 0.493 e. The fraction of sp³-hybridized carbons (Fsp3) is 0.278. The molecule has 0 radical (unpaired) electrons. The van der Waals surface area contributed by atoms with E-state index in [1.807, 2.05) is 48.5 Å². The molecule has 0 N–H and O–H groups in total. The van der Waals surface area contributed by atoms with Crippen LogP contribution in [-0.2, 0) is 6.42 Å². The van der Waals surface area contributed by atoms with Crippen molar-refractivity contribution in [3.63, 3.8) is 0 Å². The lowest BCUT2D eigenvalue weighted by molar-refractivity contribution is 0.0933. The number of benzene rings is 2. The highest BCUT2D eigenvalue weighted by Crippen LogP contribution is 2.35. The van der Waals surface area contributed by atoms with E-state index >= 15 is 0 Å². The minimum atomic E-state index is -0.0765. The molecule has 1 aliphatic rings. The summed E-state index contributed by atoms with van der Waals surface area (Å²) in [6.45, 7) is 2.73. The van der Waals surface area contributed by atoms with Crippen LogP contribution in [0.2, 0.25) is 0 Å². The van der Waals surface area contributed by atoms with Crippen LogP contribution < -0.4 is 4.74 Å². The molecule has 1 heterocycles. The van der Waals surface area contributed by atoms with Crippen molar-refractivity contribution in [2.24, 2.45) is 0 Å². The lowest BCUT2D eigenvalue weighted by atomic mass is 9.86. The first-order valence-electron chi connectivity index (χ1n) is 7.14. The number of fused-ring (bicyclic) bond motifs is 1. The monoisotopic (exact) mass is 266 g/mol. The zero-order valence-electron chi connectivity index (χ0n) is 11.6. The van der Waals surface area contributed by atoms with Crippen molar-refractivity contribution in [3.05, 3.63) is 65.2 Å². The van der Waals surface area contributed by atoms with E-state index in [1.165, 1.54) is 5.56 Å². The highest BCUT2D eigenvalue weighted by molar-refractivity contribution is 6.01. The zero-order chi connectivity index (χ0) is 13.9. The Hall–Kier alpha value is -2.09. The topological polar surface area (TPSA) is 26.3 Å². The van der Waals surface area contributed by atoms with Crippen LogP contribution in [0.3, 0.4) is 0 Å². The van der Waals surface area contributed by atoms with E-state index in [0.29, 0.717) is 6.61 Å². The van der Waals surface area contributed by atoms with Crippen molar-refractivity contribution in [1.29, 1.82) is 0 Å². The Labute approximate surface area is 119 Å². The Balaban J connectivity index is 1.91. The second-order valence-corrected chi connectivity index (χ2v) is 5.14. The van der Waals surface area contributed by atoms with Gasteiger partial charge in [-0.05, 0) is 24.5 Å². The van der Waals surface area contributed by atoms with Gasteiger partial charge in [0, 0.05) is 11.1 Å². The van der Waals surface area contributed by atoms with E-state index < -0.39 is 0 Å². The summed E-state index contributed by atoms with van der Waals surface area (Å²) >= 11 is 0. The number of hydrogen-bond acceptors (Lipinski definition) is 2. The molecule has 2 aromatic rings. The Bertz CT molecular complexity index is 614. The van der Waals surface area contributed by atoms with E-state index in [9.17, 15) is 4.79 Å². The van der Waals surface area contributed by atoms with Gasteiger partial charge < -0.3 is 4.74 Å². The summed E-state index contributed by atoms with van der Waals surface area (Å²) in [7, 11) is 0. The molecular formula is C18H18O2. The van der Waals surface area contributed by atoms with Crippen LogP contribution >= 0.6 is 0 Å². The molecule has 0 saturated heterocycles. The van der Waals surface area contributed by atoms with E-state index in [1.54, 1.807) is 0 Å². The van der Waals surface area contributed by atoms with Gasteiger partial charge in [-0.3, -0.25) is 4.79 Å². The maximum Gasteiger partial charge on any atom is 0.170 e. The molecule has 0 saturated carbocycles. The first-order chi connectivity index (χ1) is 9.79. The number of ether oxygens (including phenoxy) is 1. The van der Waals surface area contributed by atoms with Gasteiger partial charge in [0.25, 0.3) is 0 Å². The van der Waals surface area contributed by atoms with Crippen molar-refractivity contribution >= 4 is 5.78 Å². The number of Topliss-reactive ketones (excluding diaryl/α,β-unsaturated/α-hetero) is 1. The van der Waals surface area contributed by atoms with Gasteiger partial charge in [0.15, 0.2) is 5.78 Å². The van der Waals surface area contributed by atoms with E-state index in [-0.39, 0.29) is 11.7 Å². The fourth-order valence-corrected chi connectivity index (χ4v) is 2.72. The van der Waals surface area contributed by atoms with Gasteiger partial charge in [0.2, 0.25) is 0 Å². The number of ketones is 1. The minimum Gasteiger partial charge on any atom is -0.493 e. The second-order valence-electron chi connectivity index (χ2n) is 5.14. The third-order valence-electron chi connectivity index (χ3n) is 3.92. The van der Waals surface area contributed by atoms with Crippen LogP contribution in [0.15, 0.2) is 48.5 Å². The van der Waals surface area contributed by atoms with Gasteiger partial charge in [-0.15, -0.1) is 0 Å². The molecule has 102 valence electrons. The van der Waals surface area contributed by atoms with Gasteiger partial charge in [0.1, 0.15) is 5.75 Å². The van der Waals surface area contributed by atoms with E-state index in [2.05, 4.69) is 6.92 Å². The van der Waals surface area contributed by atoms with Crippen molar-refractivity contribution in [3.8, 4) is 5.75 Å².